The van der Waals surface area contributed by atoms with Gasteiger partial charge in [0, 0.05) is 18.5 Å². The van der Waals surface area contributed by atoms with E-state index in [1.165, 1.54) is 0 Å². The lowest BCUT2D eigenvalue weighted by atomic mass is 9.95. The lowest BCUT2D eigenvalue weighted by molar-refractivity contribution is -0.274. The SMILES string of the molecule is C=CC(F)(F)c1nc2ccc(OC(F)(F)F)cc2nc1O[C@H]1CN[C@H](C(=O)OC(C)(C)C)[C@@H]1CC. The number of halogens is 5. The predicted molar refractivity (Wildman–Crippen MR) is 116 cm³/mol. The molecule has 0 radical (unpaired) electrons. The molecule has 192 valence electrons. The average molecular weight is 503 g/mol. The minimum absolute atomic E-state index is 0.0911. The van der Waals surface area contributed by atoms with Gasteiger partial charge in [0.2, 0.25) is 5.88 Å². The summed E-state index contributed by atoms with van der Waals surface area (Å²) in [6.45, 7) is 10.2. The minimum Gasteiger partial charge on any atom is -0.471 e. The highest BCUT2D eigenvalue weighted by Crippen LogP contribution is 2.37. The van der Waals surface area contributed by atoms with E-state index in [2.05, 4.69) is 26.6 Å². The van der Waals surface area contributed by atoms with Gasteiger partial charge in [0.15, 0.2) is 5.69 Å². The van der Waals surface area contributed by atoms with Gasteiger partial charge in [-0.3, -0.25) is 4.79 Å². The molecule has 2 heterocycles. The quantitative estimate of drug-likeness (QED) is 0.327. The van der Waals surface area contributed by atoms with Gasteiger partial charge in [0.1, 0.15) is 23.5 Å². The molecule has 1 saturated heterocycles. The summed E-state index contributed by atoms with van der Waals surface area (Å²) in [6, 6.07) is 2.21. The third kappa shape index (κ3) is 6.36. The van der Waals surface area contributed by atoms with Gasteiger partial charge in [-0.15, -0.1) is 13.2 Å². The maximum atomic E-state index is 14.7. The molecule has 2 aromatic rings. The Balaban J connectivity index is 1.98. The smallest absolute Gasteiger partial charge is 0.471 e. The predicted octanol–water partition coefficient (Wildman–Crippen LogP) is 4.89. The van der Waals surface area contributed by atoms with E-state index in [-0.39, 0.29) is 17.6 Å². The number of nitrogens with zero attached hydrogens (tertiary/aromatic N) is 2. The van der Waals surface area contributed by atoms with Crippen molar-refractivity contribution < 1.29 is 41.0 Å². The first kappa shape index (κ1) is 26.6. The maximum Gasteiger partial charge on any atom is 0.573 e. The van der Waals surface area contributed by atoms with Gasteiger partial charge in [0.05, 0.1) is 11.0 Å². The number of alkyl halides is 5. The Morgan fingerprint density at radius 1 is 1.17 bits per heavy atom. The summed E-state index contributed by atoms with van der Waals surface area (Å²) in [5.74, 6) is -5.78. The monoisotopic (exact) mass is 503 g/mol. The zero-order valence-corrected chi connectivity index (χ0v) is 19.6. The third-order valence-electron chi connectivity index (χ3n) is 5.25. The maximum absolute atomic E-state index is 14.7. The number of fused-ring (bicyclic) bond motifs is 1. The lowest BCUT2D eigenvalue weighted by Crippen LogP contribution is -2.41. The van der Waals surface area contributed by atoms with E-state index in [1.54, 1.807) is 27.7 Å². The summed E-state index contributed by atoms with van der Waals surface area (Å²) in [5.41, 5.74) is -1.81. The molecule has 3 rings (SSSR count). The van der Waals surface area contributed by atoms with Gasteiger partial charge in [-0.05, 0) is 45.4 Å². The van der Waals surface area contributed by atoms with Crippen LogP contribution >= 0.6 is 0 Å². The van der Waals surface area contributed by atoms with E-state index in [4.69, 9.17) is 9.47 Å². The number of aromatic nitrogens is 2. The Morgan fingerprint density at radius 2 is 1.86 bits per heavy atom. The van der Waals surface area contributed by atoms with Gasteiger partial charge in [0.25, 0.3) is 0 Å². The molecule has 3 atom stereocenters. The number of hydrogen-bond acceptors (Lipinski definition) is 7. The van der Waals surface area contributed by atoms with Crippen molar-refractivity contribution >= 4 is 17.0 Å². The van der Waals surface area contributed by atoms with E-state index >= 15 is 0 Å². The van der Waals surface area contributed by atoms with Gasteiger partial charge in [-0.2, -0.15) is 8.78 Å². The number of benzene rings is 1. The molecule has 0 bridgehead atoms. The second-order valence-electron chi connectivity index (χ2n) is 9.05. The van der Waals surface area contributed by atoms with Crippen LogP contribution in [0.2, 0.25) is 0 Å². The van der Waals surface area contributed by atoms with Crippen LogP contribution in [0.25, 0.3) is 11.0 Å². The van der Waals surface area contributed by atoms with Crippen LogP contribution in [0.3, 0.4) is 0 Å². The molecule has 35 heavy (non-hydrogen) atoms. The summed E-state index contributed by atoms with van der Waals surface area (Å²) in [7, 11) is 0. The molecule has 0 amide bonds. The van der Waals surface area contributed by atoms with E-state index < -0.39 is 59.2 Å². The van der Waals surface area contributed by atoms with Crippen LogP contribution in [-0.4, -0.2) is 46.6 Å². The van der Waals surface area contributed by atoms with Crippen LogP contribution < -0.4 is 14.8 Å². The van der Waals surface area contributed by atoms with E-state index in [1.807, 2.05) is 0 Å². The standard InChI is InChI=1S/C23H26F5N3O4/c1-6-13-16(11-29-17(13)20(32)35-21(3,4)5)33-19-18(22(24,25)7-2)30-14-9-8-12(10-15(14)31-19)34-23(26,27)28/h7-10,13,16-17,29H,2,6,11H2,1,3-5H3/t13-,16+,17+/m1/s1. The summed E-state index contributed by atoms with van der Waals surface area (Å²) in [6.07, 6.45) is -4.90. The minimum atomic E-state index is -4.95. The number of carbonyl (C=O) groups is 1. The number of ether oxygens (including phenoxy) is 3. The molecule has 1 aromatic heterocycles. The molecule has 7 nitrogen and oxygen atoms in total. The fourth-order valence-corrected chi connectivity index (χ4v) is 3.77. The number of nitrogens with one attached hydrogen (secondary N) is 1. The van der Waals surface area contributed by atoms with Crippen molar-refractivity contribution in [3.05, 3.63) is 36.5 Å². The highest BCUT2D eigenvalue weighted by molar-refractivity contribution is 5.78. The van der Waals surface area contributed by atoms with Crippen LogP contribution in [0.5, 0.6) is 11.6 Å². The first-order valence-corrected chi connectivity index (χ1v) is 10.9. The van der Waals surface area contributed by atoms with Crippen molar-refractivity contribution in [3.8, 4) is 11.6 Å². The van der Waals surface area contributed by atoms with Gasteiger partial charge in [-0.1, -0.05) is 13.5 Å². The summed E-state index contributed by atoms with van der Waals surface area (Å²) >= 11 is 0. The van der Waals surface area contributed by atoms with Crippen molar-refractivity contribution in [1.82, 2.24) is 15.3 Å². The first-order chi connectivity index (χ1) is 16.1. The van der Waals surface area contributed by atoms with Crippen molar-refractivity contribution in [3.63, 3.8) is 0 Å². The average Bonchev–Trinajstić information content (AvgIpc) is 3.13. The van der Waals surface area contributed by atoms with Crippen LogP contribution in [0.4, 0.5) is 22.0 Å². The van der Waals surface area contributed by atoms with Crippen molar-refractivity contribution in [1.29, 1.82) is 0 Å². The molecular weight excluding hydrogens is 477 g/mol. The molecule has 0 unspecified atom stereocenters. The van der Waals surface area contributed by atoms with Gasteiger partial charge >= 0.3 is 18.3 Å². The molecule has 1 N–H and O–H groups in total. The molecule has 1 aromatic carbocycles. The van der Waals surface area contributed by atoms with Crippen LogP contribution in [0.1, 0.15) is 39.8 Å². The van der Waals surface area contributed by atoms with E-state index in [9.17, 15) is 26.7 Å². The Morgan fingerprint density at radius 3 is 2.43 bits per heavy atom. The Labute approximate surface area is 198 Å². The molecular formula is C23H26F5N3O4. The van der Waals surface area contributed by atoms with E-state index in [0.717, 1.165) is 18.2 Å². The summed E-state index contributed by atoms with van der Waals surface area (Å²) in [5, 5.41) is 2.99. The molecule has 1 fully saturated rings. The number of allylic oxidation sites excluding steroid dienone is 1. The number of carbonyl (C=O) groups excluding carboxylic acids is 1. The Bertz CT molecular complexity index is 1100. The fraction of sp³-hybridized carbons (Fsp3) is 0.522. The Hall–Kier alpha value is -3.02. The van der Waals surface area contributed by atoms with Crippen LogP contribution in [0, 0.1) is 5.92 Å². The third-order valence-corrected chi connectivity index (χ3v) is 5.25. The molecule has 1 aliphatic rings. The Kier molecular flexibility index (Phi) is 7.26. The van der Waals surface area contributed by atoms with Crippen LogP contribution in [0.15, 0.2) is 30.9 Å². The fourth-order valence-electron chi connectivity index (χ4n) is 3.77. The van der Waals surface area contributed by atoms with Gasteiger partial charge in [-0.25, -0.2) is 9.97 Å². The normalized spacial score (nSPS) is 21.1. The van der Waals surface area contributed by atoms with Gasteiger partial charge < -0.3 is 19.5 Å². The molecule has 12 heteroatoms. The highest BCUT2D eigenvalue weighted by atomic mass is 19.4. The first-order valence-electron chi connectivity index (χ1n) is 10.9. The molecule has 0 aliphatic carbocycles. The number of rotatable bonds is 7. The summed E-state index contributed by atoms with van der Waals surface area (Å²) < 4.78 is 82.3. The van der Waals surface area contributed by atoms with Crippen LogP contribution in [-0.2, 0) is 15.5 Å². The summed E-state index contributed by atoms with van der Waals surface area (Å²) in [4.78, 5) is 20.6. The van der Waals surface area contributed by atoms with Crippen molar-refractivity contribution in [2.75, 3.05) is 6.54 Å². The molecule has 1 aliphatic heterocycles. The van der Waals surface area contributed by atoms with E-state index in [0.29, 0.717) is 12.5 Å². The zero-order valence-electron chi connectivity index (χ0n) is 19.6. The highest BCUT2D eigenvalue weighted by Gasteiger charge is 2.44. The zero-order chi connectivity index (χ0) is 26.2. The largest absolute Gasteiger partial charge is 0.573 e. The topological polar surface area (TPSA) is 82.6 Å². The van der Waals surface area contributed by atoms with Crippen molar-refractivity contribution in [2.24, 2.45) is 5.92 Å². The second-order valence-corrected chi connectivity index (χ2v) is 9.05. The second kappa shape index (κ2) is 9.56. The number of esters is 1. The lowest BCUT2D eigenvalue weighted by Gasteiger charge is -2.26. The molecule has 0 saturated carbocycles. The number of hydrogen-bond donors (Lipinski definition) is 1. The van der Waals surface area contributed by atoms with Crippen molar-refractivity contribution in [2.45, 2.75) is 64.1 Å². The molecule has 0 spiro atoms.